The Kier molecular flexibility index (Phi) is 5.80. The molecule has 5 heteroatoms. The zero-order valence-corrected chi connectivity index (χ0v) is 11.2. The molecule has 0 aliphatic heterocycles. The smallest absolute Gasteiger partial charge is 0.234 e. The van der Waals surface area contributed by atoms with Crippen molar-refractivity contribution in [3.8, 4) is 0 Å². The van der Waals surface area contributed by atoms with Crippen molar-refractivity contribution >= 4 is 28.8 Å². The fourth-order valence-corrected chi connectivity index (χ4v) is 2.51. The third-order valence-electron chi connectivity index (χ3n) is 2.05. The quantitative estimate of drug-likeness (QED) is 0.630. The lowest BCUT2D eigenvalue weighted by atomic mass is 10.1. The molecule has 0 saturated heterocycles. The highest BCUT2D eigenvalue weighted by atomic mass is 35.5. The van der Waals surface area contributed by atoms with E-state index in [9.17, 15) is 4.79 Å². The summed E-state index contributed by atoms with van der Waals surface area (Å²) in [5.41, 5.74) is 2.72. The number of aryl methyl sites for hydroxylation is 1. The van der Waals surface area contributed by atoms with Gasteiger partial charge in [0.25, 0.3) is 0 Å². The van der Waals surface area contributed by atoms with Crippen LogP contribution in [-0.4, -0.2) is 25.0 Å². The number of hydrogen-bond acceptors (Lipinski definition) is 3. The van der Waals surface area contributed by atoms with Crippen molar-refractivity contribution in [1.29, 1.82) is 0 Å². The van der Waals surface area contributed by atoms with Gasteiger partial charge in [0, 0.05) is 25.4 Å². The lowest BCUT2D eigenvalue weighted by Crippen LogP contribution is -2.35. The summed E-state index contributed by atoms with van der Waals surface area (Å²) in [7, 11) is 3.62. The number of unbranched alkanes of at least 4 members (excludes halogenated alkanes) is 1. The summed E-state index contributed by atoms with van der Waals surface area (Å²) in [4.78, 5) is 12.6. The van der Waals surface area contributed by atoms with Crippen LogP contribution in [0.3, 0.4) is 0 Å². The molecule has 1 aromatic rings. The summed E-state index contributed by atoms with van der Waals surface area (Å²) < 4.78 is 0.834. The molecule has 0 bridgehead atoms. The van der Waals surface area contributed by atoms with E-state index in [0.29, 0.717) is 6.42 Å². The van der Waals surface area contributed by atoms with E-state index in [4.69, 9.17) is 11.6 Å². The molecule has 1 aromatic heterocycles. The Balaban J connectivity index is 2.10. The maximum absolute atomic E-state index is 11.3. The first kappa shape index (κ1) is 13.5. The lowest BCUT2D eigenvalue weighted by molar-refractivity contribution is -0.124. The summed E-state index contributed by atoms with van der Waals surface area (Å²) in [6.45, 7) is 0. The molecule has 1 heterocycles. The number of halogens is 1. The molecular formula is C11H17ClN2OS. The molecule has 0 fully saturated rings. The van der Waals surface area contributed by atoms with Gasteiger partial charge in [-0.05, 0) is 31.4 Å². The van der Waals surface area contributed by atoms with Crippen LogP contribution in [-0.2, 0) is 11.2 Å². The second-order valence-corrected chi connectivity index (χ2v) is 5.64. The number of amides is 1. The van der Waals surface area contributed by atoms with Crippen LogP contribution < -0.4 is 5.43 Å². The van der Waals surface area contributed by atoms with Gasteiger partial charge < -0.3 is 0 Å². The minimum atomic E-state index is 0.0780. The third-order valence-corrected chi connectivity index (χ3v) is 3.35. The van der Waals surface area contributed by atoms with Crippen molar-refractivity contribution in [2.75, 3.05) is 14.1 Å². The molecule has 0 aliphatic carbocycles. The number of thiophene rings is 1. The molecule has 0 atom stereocenters. The highest BCUT2D eigenvalue weighted by molar-refractivity contribution is 7.16. The van der Waals surface area contributed by atoms with Gasteiger partial charge in [0.05, 0.1) is 4.34 Å². The first-order valence-electron chi connectivity index (χ1n) is 5.29. The van der Waals surface area contributed by atoms with E-state index in [-0.39, 0.29) is 5.91 Å². The van der Waals surface area contributed by atoms with E-state index >= 15 is 0 Å². The lowest BCUT2D eigenvalue weighted by Gasteiger charge is -2.11. The topological polar surface area (TPSA) is 32.3 Å². The van der Waals surface area contributed by atoms with Crippen molar-refractivity contribution in [3.05, 3.63) is 21.3 Å². The van der Waals surface area contributed by atoms with E-state index in [1.54, 1.807) is 16.3 Å². The minimum Gasteiger partial charge on any atom is -0.289 e. The zero-order valence-electron chi connectivity index (χ0n) is 9.62. The number of nitrogens with zero attached hydrogens (tertiary/aromatic N) is 1. The van der Waals surface area contributed by atoms with Crippen LogP contribution in [0.2, 0.25) is 4.34 Å². The van der Waals surface area contributed by atoms with Crippen LogP contribution in [0.1, 0.15) is 24.1 Å². The number of carbonyl (C=O) groups excluding carboxylic acids is 1. The van der Waals surface area contributed by atoms with E-state index in [2.05, 4.69) is 5.43 Å². The second kappa shape index (κ2) is 6.89. The summed E-state index contributed by atoms with van der Waals surface area (Å²) >= 11 is 7.44. The van der Waals surface area contributed by atoms with Crippen molar-refractivity contribution in [2.45, 2.75) is 25.7 Å². The van der Waals surface area contributed by atoms with Gasteiger partial charge in [-0.15, -0.1) is 11.3 Å². The van der Waals surface area contributed by atoms with E-state index in [0.717, 1.165) is 23.6 Å². The summed E-state index contributed by atoms with van der Waals surface area (Å²) in [5.74, 6) is 0.0780. The van der Waals surface area contributed by atoms with Crippen molar-refractivity contribution in [2.24, 2.45) is 0 Å². The standard InChI is InChI=1S/C11H17ClN2OS/c1-14(2)13-11(15)6-4-3-5-9-7-8-10(12)16-9/h7-8H,3-6H2,1-2H3,(H,13,15). The number of hydrogen-bond donors (Lipinski definition) is 1. The van der Waals surface area contributed by atoms with Crippen molar-refractivity contribution in [3.63, 3.8) is 0 Å². The molecule has 1 rings (SSSR count). The number of rotatable bonds is 6. The van der Waals surface area contributed by atoms with Crippen LogP contribution in [0.5, 0.6) is 0 Å². The van der Waals surface area contributed by atoms with Gasteiger partial charge in [-0.3, -0.25) is 10.2 Å². The number of carbonyl (C=O) groups is 1. The van der Waals surface area contributed by atoms with Gasteiger partial charge in [-0.1, -0.05) is 11.6 Å². The molecular weight excluding hydrogens is 244 g/mol. The maximum atomic E-state index is 11.3. The fourth-order valence-electron chi connectivity index (χ4n) is 1.38. The van der Waals surface area contributed by atoms with Gasteiger partial charge in [-0.2, -0.15) is 0 Å². The molecule has 0 saturated carbocycles. The fraction of sp³-hybridized carbons (Fsp3) is 0.545. The summed E-state index contributed by atoms with van der Waals surface area (Å²) in [5, 5.41) is 1.67. The predicted octanol–water partition coefficient (Wildman–Crippen LogP) is 2.71. The molecule has 3 nitrogen and oxygen atoms in total. The normalized spacial score (nSPS) is 10.8. The van der Waals surface area contributed by atoms with Gasteiger partial charge in [0.2, 0.25) is 5.91 Å². The Hall–Kier alpha value is -0.580. The van der Waals surface area contributed by atoms with Crippen LogP contribution in [0.25, 0.3) is 0 Å². The summed E-state index contributed by atoms with van der Waals surface area (Å²) in [6.07, 6.45) is 3.52. The van der Waals surface area contributed by atoms with Gasteiger partial charge in [0.15, 0.2) is 0 Å². The molecule has 0 aliphatic rings. The molecule has 16 heavy (non-hydrogen) atoms. The molecule has 0 spiro atoms. The minimum absolute atomic E-state index is 0.0780. The Bertz CT molecular complexity index is 338. The van der Waals surface area contributed by atoms with E-state index < -0.39 is 0 Å². The van der Waals surface area contributed by atoms with Crippen molar-refractivity contribution in [1.82, 2.24) is 10.4 Å². The van der Waals surface area contributed by atoms with Crippen LogP contribution >= 0.6 is 22.9 Å². The SMILES string of the molecule is CN(C)NC(=O)CCCCc1ccc(Cl)s1. The van der Waals surface area contributed by atoms with Gasteiger partial charge >= 0.3 is 0 Å². The summed E-state index contributed by atoms with van der Waals surface area (Å²) in [6, 6.07) is 3.97. The Morgan fingerprint density at radius 2 is 2.19 bits per heavy atom. The first-order chi connectivity index (χ1) is 7.58. The number of hydrazine groups is 1. The second-order valence-electron chi connectivity index (χ2n) is 3.84. The highest BCUT2D eigenvalue weighted by Crippen LogP contribution is 2.22. The Labute approximate surface area is 105 Å². The Morgan fingerprint density at radius 1 is 1.44 bits per heavy atom. The average molecular weight is 261 g/mol. The molecule has 1 N–H and O–H groups in total. The predicted molar refractivity (Wildman–Crippen MR) is 68.7 cm³/mol. The van der Waals surface area contributed by atoms with Gasteiger partial charge in [-0.25, -0.2) is 5.01 Å². The Morgan fingerprint density at radius 3 is 2.75 bits per heavy atom. The molecule has 0 radical (unpaired) electrons. The van der Waals surface area contributed by atoms with E-state index in [1.165, 1.54) is 4.88 Å². The van der Waals surface area contributed by atoms with E-state index in [1.807, 2.05) is 26.2 Å². The molecule has 0 aromatic carbocycles. The third kappa shape index (κ3) is 5.49. The number of nitrogens with one attached hydrogen (secondary N) is 1. The maximum Gasteiger partial charge on any atom is 0.234 e. The monoisotopic (exact) mass is 260 g/mol. The van der Waals surface area contributed by atoms with Crippen LogP contribution in [0.4, 0.5) is 0 Å². The molecule has 90 valence electrons. The van der Waals surface area contributed by atoms with Crippen LogP contribution in [0.15, 0.2) is 12.1 Å². The molecule has 1 amide bonds. The van der Waals surface area contributed by atoms with Crippen LogP contribution in [0, 0.1) is 0 Å². The largest absolute Gasteiger partial charge is 0.289 e. The molecule has 0 unspecified atom stereocenters. The average Bonchev–Trinajstić information content (AvgIpc) is 2.58. The highest BCUT2D eigenvalue weighted by Gasteiger charge is 2.02. The zero-order chi connectivity index (χ0) is 12.0. The first-order valence-corrected chi connectivity index (χ1v) is 6.48. The van der Waals surface area contributed by atoms with Crippen molar-refractivity contribution < 1.29 is 4.79 Å². The van der Waals surface area contributed by atoms with Gasteiger partial charge in [0.1, 0.15) is 0 Å².